The van der Waals surface area contributed by atoms with Crippen LogP contribution in [-0.4, -0.2) is 50.3 Å². The summed E-state index contributed by atoms with van der Waals surface area (Å²) >= 11 is 0. The van der Waals surface area contributed by atoms with E-state index in [4.69, 9.17) is 0 Å². The van der Waals surface area contributed by atoms with Gasteiger partial charge in [-0.25, -0.2) is 18.7 Å². The molecule has 0 saturated carbocycles. The molecule has 2 N–H and O–H groups in total. The summed E-state index contributed by atoms with van der Waals surface area (Å²) < 4.78 is 27.9. The predicted molar refractivity (Wildman–Crippen MR) is 110 cm³/mol. The first-order valence-corrected chi connectivity index (χ1v) is 10.0. The van der Waals surface area contributed by atoms with Gasteiger partial charge in [0.1, 0.15) is 17.8 Å². The Morgan fingerprint density at radius 1 is 1.38 bits per heavy atom. The maximum Gasteiger partial charge on any atom is 0.251 e. The predicted octanol–water partition coefficient (Wildman–Crippen LogP) is 4.33. The van der Waals surface area contributed by atoms with Crippen molar-refractivity contribution in [2.24, 2.45) is 5.92 Å². The van der Waals surface area contributed by atoms with E-state index in [2.05, 4.69) is 40.7 Å². The van der Waals surface area contributed by atoms with E-state index < -0.39 is 11.8 Å². The van der Waals surface area contributed by atoms with Crippen LogP contribution in [0.4, 0.5) is 14.6 Å². The molecule has 1 amide bonds. The number of anilines is 1. The molecule has 0 spiro atoms. The summed E-state index contributed by atoms with van der Waals surface area (Å²) in [4.78, 5) is 25.7. The van der Waals surface area contributed by atoms with Gasteiger partial charge < -0.3 is 15.2 Å². The van der Waals surface area contributed by atoms with Crippen molar-refractivity contribution in [1.29, 1.82) is 0 Å². The molecule has 2 aromatic rings. The van der Waals surface area contributed by atoms with E-state index in [-0.39, 0.29) is 18.0 Å². The molecule has 6 nitrogen and oxygen atoms in total. The van der Waals surface area contributed by atoms with E-state index in [1.807, 2.05) is 4.90 Å². The van der Waals surface area contributed by atoms with Crippen molar-refractivity contribution in [2.75, 3.05) is 11.9 Å². The zero-order chi connectivity index (χ0) is 21.3. The van der Waals surface area contributed by atoms with Crippen LogP contribution in [0.2, 0.25) is 0 Å². The van der Waals surface area contributed by atoms with Crippen LogP contribution in [0.3, 0.4) is 0 Å². The van der Waals surface area contributed by atoms with Gasteiger partial charge in [-0.1, -0.05) is 27.4 Å². The number of H-pyrrole nitrogens is 1. The quantitative estimate of drug-likeness (QED) is 0.702. The Kier molecular flexibility index (Phi) is 5.91. The highest BCUT2D eigenvalue weighted by atomic mass is 19.3. The maximum absolute atomic E-state index is 14.0. The van der Waals surface area contributed by atoms with Gasteiger partial charge in [-0.05, 0) is 37.3 Å². The molecule has 3 atom stereocenters. The van der Waals surface area contributed by atoms with Crippen LogP contribution < -0.4 is 5.32 Å². The van der Waals surface area contributed by atoms with Gasteiger partial charge in [-0.3, -0.25) is 4.79 Å². The van der Waals surface area contributed by atoms with Crippen molar-refractivity contribution in [1.82, 2.24) is 19.9 Å². The molecule has 3 heterocycles. The van der Waals surface area contributed by atoms with Gasteiger partial charge in [-0.2, -0.15) is 0 Å². The summed E-state index contributed by atoms with van der Waals surface area (Å²) in [5.74, 6) is -3.09. The fraction of sp³-hybridized carbons (Fsp3) is 0.571. The number of halogens is 2. The lowest BCUT2D eigenvalue weighted by Crippen LogP contribution is -2.52. The minimum absolute atomic E-state index is 0.0350. The van der Waals surface area contributed by atoms with E-state index in [9.17, 15) is 13.6 Å². The van der Waals surface area contributed by atoms with E-state index in [1.54, 1.807) is 6.20 Å². The smallest absolute Gasteiger partial charge is 0.251 e. The number of nitrogens with one attached hydrogen (secondary N) is 2. The Morgan fingerprint density at radius 2 is 2.10 bits per heavy atom. The van der Waals surface area contributed by atoms with Gasteiger partial charge in [0, 0.05) is 30.7 Å². The van der Waals surface area contributed by atoms with Gasteiger partial charge in [0.25, 0.3) is 5.92 Å². The van der Waals surface area contributed by atoms with Gasteiger partial charge in [0.05, 0.1) is 5.39 Å². The molecule has 3 rings (SSSR count). The standard InChI is InChI=1S/C21H29F2N5O/c1-6-17(29)28-10-14(7-8-16(28)12(2)3)27-20-18-15(13(4)21(5,22)23)9-24-19(18)25-11-26-20/h6,9,11-14,16H,1,7-8,10H2,2-5H3,(H2,24,25,26,27)/t13-,14+,16+/m0/s1. The van der Waals surface area contributed by atoms with E-state index >= 15 is 0 Å². The van der Waals surface area contributed by atoms with E-state index in [0.717, 1.165) is 19.8 Å². The number of aromatic amines is 1. The number of hydrogen-bond acceptors (Lipinski definition) is 4. The van der Waals surface area contributed by atoms with Gasteiger partial charge in [-0.15, -0.1) is 0 Å². The number of piperidine rings is 1. The fourth-order valence-electron chi connectivity index (χ4n) is 4.08. The van der Waals surface area contributed by atoms with Crippen molar-refractivity contribution in [3.63, 3.8) is 0 Å². The number of fused-ring (bicyclic) bond motifs is 1. The van der Waals surface area contributed by atoms with Crippen molar-refractivity contribution >= 4 is 22.8 Å². The molecule has 0 aliphatic carbocycles. The summed E-state index contributed by atoms with van der Waals surface area (Å²) in [6.07, 6.45) is 6.04. The number of carbonyl (C=O) groups excluding carboxylic acids is 1. The Bertz CT molecular complexity index is 889. The third-order valence-electron chi connectivity index (χ3n) is 5.92. The maximum atomic E-state index is 14.0. The van der Waals surface area contributed by atoms with Crippen molar-refractivity contribution in [2.45, 2.75) is 64.5 Å². The van der Waals surface area contributed by atoms with Gasteiger partial charge in [0.2, 0.25) is 5.91 Å². The van der Waals surface area contributed by atoms with Crippen LogP contribution in [-0.2, 0) is 4.79 Å². The molecule has 0 aromatic carbocycles. The number of likely N-dealkylation sites (tertiary alicyclic amines) is 1. The van der Waals surface area contributed by atoms with Crippen molar-refractivity contribution in [3.8, 4) is 0 Å². The molecule has 1 saturated heterocycles. The summed E-state index contributed by atoms with van der Waals surface area (Å²) in [5.41, 5.74) is 0.994. The lowest BCUT2D eigenvalue weighted by Gasteiger charge is -2.41. The monoisotopic (exact) mass is 405 g/mol. The number of nitrogens with zero attached hydrogens (tertiary/aromatic N) is 3. The van der Waals surface area contributed by atoms with Crippen LogP contribution in [0.25, 0.3) is 11.0 Å². The Balaban J connectivity index is 1.89. The molecule has 0 unspecified atom stereocenters. The second-order valence-corrected chi connectivity index (χ2v) is 8.29. The number of carbonyl (C=O) groups is 1. The van der Waals surface area contributed by atoms with Crippen molar-refractivity contribution in [3.05, 3.63) is 30.7 Å². The second kappa shape index (κ2) is 8.08. The number of hydrogen-bond donors (Lipinski definition) is 2. The SMILES string of the molecule is C=CC(=O)N1C[C@H](Nc2ncnc3[nH]cc([C@H](C)C(C)(F)F)c23)CC[C@@H]1C(C)C. The second-order valence-electron chi connectivity index (χ2n) is 8.29. The molecule has 29 heavy (non-hydrogen) atoms. The molecular formula is C21H29F2N5O. The molecule has 8 heteroatoms. The minimum Gasteiger partial charge on any atom is -0.365 e. The van der Waals surface area contributed by atoms with Crippen LogP contribution >= 0.6 is 0 Å². The number of aromatic nitrogens is 3. The molecule has 2 aromatic heterocycles. The van der Waals surface area contributed by atoms with Crippen molar-refractivity contribution < 1.29 is 13.6 Å². The topological polar surface area (TPSA) is 73.9 Å². The molecule has 1 aliphatic rings. The first-order chi connectivity index (χ1) is 13.6. The Morgan fingerprint density at radius 3 is 2.72 bits per heavy atom. The van der Waals surface area contributed by atoms with E-state index in [0.29, 0.717) is 34.9 Å². The van der Waals surface area contributed by atoms with Gasteiger partial charge >= 0.3 is 0 Å². The first kappa shape index (κ1) is 21.2. The molecular weight excluding hydrogens is 376 g/mol. The Hall–Kier alpha value is -2.51. The van der Waals surface area contributed by atoms with E-state index in [1.165, 1.54) is 19.3 Å². The third kappa shape index (κ3) is 4.26. The van der Waals surface area contributed by atoms with Gasteiger partial charge in [0.15, 0.2) is 0 Å². The first-order valence-electron chi connectivity index (χ1n) is 10.0. The minimum atomic E-state index is -2.87. The lowest BCUT2D eigenvalue weighted by atomic mass is 9.90. The summed E-state index contributed by atoms with van der Waals surface area (Å²) in [6, 6.07) is 0.123. The largest absolute Gasteiger partial charge is 0.365 e. The highest BCUT2D eigenvalue weighted by Crippen LogP contribution is 2.38. The summed E-state index contributed by atoms with van der Waals surface area (Å²) in [7, 11) is 0. The highest BCUT2D eigenvalue weighted by molar-refractivity contribution is 5.91. The normalized spacial score (nSPS) is 21.4. The highest BCUT2D eigenvalue weighted by Gasteiger charge is 2.35. The average Bonchev–Trinajstić information content (AvgIpc) is 3.10. The van der Waals surface area contributed by atoms with Crippen LogP contribution in [0.1, 0.15) is 52.0 Å². The lowest BCUT2D eigenvalue weighted by molar-refractivity contribution is -0.130. The van der Waals surface area contributed by atoms with Crippen LogP contribution in [0.15, 0.2) is 25.2 Å². The zero-order valence-corrected chi connectivity index (χ0v) is 17.4. The summed E-state index contributed by atoms with van der Waals surface area (Å²) in [6.45, 7) is 10.8. The number of amides is 1. The third-order valence-corrected chi connectivity index (χ3v) is 5.92. The van der Waals surface area contributed by atoms with Crippen LogP contribution in [0.5, 0.6) is 0 Å². The average molecular weight is 405 g/mol. The molecule has 0 bridgehead atoms. The molecule has 0 radical (unpaired) electrons. The number of alkyl halides is 2. The molecule has 1 aliphatic heterocycles. The Labute approximate surface area is 169 Å². The molecule has 158 valence electrons. The number of rotatable bonds is 6. The molecule has 1 fully saturated rings. The fourth-order valence-corrected chi connectivity index (χ4v) is 4.08. The summed E-state index contributed by atoms with van der Waals surface area (Å²) in [5, 5.41) is 3.96. The zero-order valence-electron chi connectivity index (χ0n) is 17.4. The van der Waals surface area contributed by atoms with Crippen LogP contribution in [0, 0.1) is 5.92 Å².